The number of halogens is 1. The molecule has 0 radical (unpaired) electrons. The van der Waals surface area contributed by atoms with Crippen molar-refractivity contribution < 1.29 is 9.90 Å². The second kappa shape index (κ2) is 4.47. The molecule has 0 bridgehead atoms. The molecule has 8 heteroatoms. The zero-order valence-corrected chi connectivity index (χ0v) is 12.3. The van der Waals surface area contributed by atoms with Crippen LogP contribution < -0.4 is 11.5 Å². The van der Waals surface area contributed by atoms with E-state index in [9.17, 15) is 4.79 Å². The zero-order valence-electron chi connectivity index (χ0n) is 10.2. The molecule has 0 spiro atoms. The van der Waals surface area contributed by atoms with Gasteiger partial charge in [0.15, 0.2) is 0 Å². The van der Waals surface area contributed by atoms with Crippen LogP contribution in [0.15, 0.2) is 18.3 Å². The van der Waals surface area contributed by atoms with E-state index in [4.69, 9.17) is 16.6 Å². The third kappa shape index (κ3) is 1.92. The molecular weight excluding hydrogens is 373 g/mol. The van der Waals surface area contributed by atoms with Crippen molar-refractivity contribution in [2.45, 2.75) is 6.54 Å². The topological polar surface area (TPSA) is 120 Å². The minimum absolute atomic E-state index is 0.110. The quantitative estimate of drug-likeness (QED) is 0.576. The number of fused-ring (bicyclic) bond motifs is 3. The molecule has 0 amide bonds. The van der Waals surface area contributed by atoms with E-state index in [0.717, 1.165) is 14.5 Å². The summed E-state index contributed by atoms with van der Waals surface area (Å²) in [7, 11) is 0. The molecule has 0 aliphatic heterocycles. The van der Waals surface area contributed by atoms with Crippen LogP contribution >= 0.6 is 22.6 Å². The van der Waals surface area contributed by atoms with Gasteiger partial charge in [0.25, 0.3) is 0 Å². The van der Waals surface area contributed by atoms with Crippen molar-refractivity contribution in [2.24, 2.45) is 0 Å². The van der Waals surface area contributed by atoms with Crippen LogP contribution in [0.2, 0.25) is 0 Å². The van der Waals surface area contributed by atoms with Crippen LogP contribution in [0.1, 0.15) is 0 Å². The Morgan fingerprint density at radius 1 is 1.40 bits per heavy atom. The fraction of sp³-hybridized carbons (Fsp3) is 0.0833. The van der Waals surface area contributed by atoms with Gasteiger partial charge in [0.1, 0.15) is 12.4 Å². The van der Waals surface area contributed by atoms with Crippen LogP contribution in [0.4, 0.5) is 11.8 Å². The van der Waals surface area contributed by atoms with Crippen molar-refractivity contribution in [1.82, 2.24) is 14.5 Å². The second-order valence-electron chi connectivity index (χ2n) is 4.32. The number of rotatable bonds is 2. The van der Waals surface area contributed by atoms with Crippen LogP contribution in [0.3, 0.4) is 0 Å². The molecule has 0 saturated heterocycles. The fourth-order valence-corrected chi connectivity index (χ4v) is 3.20. The smallest absolute Gasteiger partial charge is 0.323 e. The van der Waals surface area contributed by atoms with Gasteiger partial charge in [0.2, 0.25) is 5.95 Å². The third-order valence-corrected chi connectivity index (χ3v) is 3.83. The van der Waals surface area contributed by atoms with Gasteiger partial charge < -0.3 is 21.1 Å². The van der Waals surface area contributed by atoms with Gasteiger partial charge in [0.05, 0.1) is 16.4 Å². The number of nitrogens with zero attached hydrogens (tertiary/aromatic N) is 3. The summed E-state index contributed by atoms with van der Waals surface area (Å²) in [6.45, 7) is -0.110. The van der Waals surface area contributed by atoms with E-state index in [1.165, 1.54) is 0 Å². The van der Waals surface area contributed by atoms with E-state index in [2.05, 4.69) is 32.6 Å². The van der Waals surface area contributed by atoms with Crippen LogP contribution in [-0.4, -0.2) is 25.6 Å². The molecule has 7 nitrogen and oxygen atoms in total. The Morgan fingerprint density at radius 3 is 2.85 bits per heavy atom. The summed E-state index contributed by atoms with van der Waals surface area (Å²) < 4.78 is 2.54. The van der Waals surface area contributed by atoms with Gasteiger partial charge in [-0.1, -0.05) is 0 Å². The molecule has 3 rings (SSSR count). The Labute approximate surface area is 126 Å². The summed E-state index contributed by atoms with van der Waals surface area (Å²) in [6.07, 6.45) is 1.72. The third-order valence-electron chi connectivity index (χ3n) is 3.01. The Balaban J connectivity index is 2.43. The summed E-state index contributed by atoms with van der Waals surface area (Å²) in [5.41, 5.74) is 13.0. The van der Waals surface area contributed by atoms with Crippen LogP contribution in [0.25, 0.3) is 21.8 Å². The van der Waals surface area contributed by atoms with E-state index in [0.29, 0.717) is 16.7 Å². The first-order valence-electron chi connectivity index (χ1n) is 5.69. The molecule has 20 heavy (non-hydrogen) atoms. The van der Waals surface area contributed by atoms with Crippen molar-refractivity contribution in [1.29, 1.82) is 0 Å². The number of hydrogen-bond donors (Lipinski definition) is 3. The van der Waals surface area contributed by atoms with E-state index in [1.54, 1.807) is 10.8 Å². The number of aromatic nitrogens is 3. The number of carbonyl (C=O) groups is 1. The number of anilines is 2. The number of aliphatic carboxylic acids is 1. The van der Waals surface area contributed by atoms with Gasteiger partial charge >= 0.3 is 5.97 Å². The summed E-state index contributed by atoms with van der Waals surface area (Å²) in [5, 5.41) is 10.5. The summed E-state index contributed by atoms with van der Waals surface area (Å²) in [5.74, 6) is -0.489. The van der Waals surface area contributed by atoms with Gasteiger partial charge in [-0.25, -0.2) is 4.98 Å². The van der Waals surface area contributed by atoms with E-state index >= 15 is 0 Å². The van der Waals surface area contributed by atoms with E-state index in [-0.39, 0.29) is 12.5 Å². The molecule has 0 fully saturated rings. The molecule has 2 heterocycles. The highest BCUT2D eigenvalue weighted by molar-refractivity contribution is 14.1. The van der Waals surface area contributed by atoms with Gasteiger partial charge in [-0.05, 0) is 34.7 Å². The lowest BCUT2D eigenvalue weighted by atomic mass is 10.1. The number of benzene rings is 1. The molecule has 0 aliphatic rings. The van der Waals surface area contributed by atoms with Gasteiger partial charge in [-0.15, -0.1) is 0 Å². The monoisotopic (exact) mass is 383 g/mol. The molecule has 0 unspecified atom stereocenters. The number of carboxylic acid groups (broad SMARTS) is 1. The maximum absolute atomic E-state index is 10.9. The molecule has 2 aromatic heterocycles. The minimum atomic E-state index is -0.903. The predicted octanol–water partition coefficient (Wildman–Crippen LogP) is 1.44. The molecule has 3 aromatic rings. The first-order valence-corrected chi connectivity index (χ1v) is 6.77. The lowest BCUT2D eigenvalue weighted by Gasteiger charge is -2.08. The summed E-state index contributed by atoms with van der Waals surface area (Å²) >= 11 is 2.14. The summed E-state index contributed by atoms with van der Waals surface area (Å²) in [6, 6.07) is 3.64. The van der Waals surface area contributed by atoms with Crippen LogP contribution in [0.5, 0.6) is 0 Å². The maximum Gasteiger partial charge on any atom is 0.323 e. The molecule has 0 atom stereocenters. The number of nitrogen functional groups attached to an aromatic ring is 2. The lowest BCUT2D eigenvalue weighted by molar-refractivity contribution is -0.137. The SMILES string of the molecule is Nc1nc(N)c2c(cc(I)c3c2ccn3CC(=O)O)n1. The van der Waals surface area contributed by atoms with Gasteiger partial charge in [0, 0.05) is 15.2 Å². The van der Waals surface area contributed by atoms with Gasteiger partial charge in [-0.2, -0.15) is 4.98 Å². The average molecular weight is 383 g/mol. The molecule has 102 valence electrons. The largest absolute Gasteiger partial charge is 0.480 e. The Kier molecular flexibility index (Phi) is 2.89. The first-order chi connectivity index (χ1) is 9.47. The number of nitrogens with two attached hydrogens (primary N) is 2. The second-order valence-corrected chi connectivity index (χ2v) is 5.48. The maximum atomic E-state index is 10.9. The lowest BCUT2D eigenvalue weighted by Crippen LogP contribution is -2.08. The standard InChI is InChI=1S/C12H10IN5O2/c13-6-3-7-9(11(14)17-12(15)16-7)5-1-2-18(10(5)6)4-8(19)20/h1-3H,4H2,(H,19,20)(H4,14,15,16,17). The highest BCUT2D eigenvalue weighted by Crippen LogP contribution is 2.32. The number of hydrogen-bond acceptors (Lipinski definition) is 5. The summed E-state index contributed by atoms with van der Waals surface area (Å²) in [4.78, 5) is 19.0. The Hall–Kier alpha value is -2.10. The molecule has 0 saturated carbocycles. The first kappa shape index (κ1) is 12.9. The van der Waals surface area contributed by atoms with Gasteiger partial charge in [-0.3, -0.25) is 4.79 Å². The molecule has 0 aliphatic carbocycles. The van der Waals surface area contributed by atoms with Crippen molar-refractivity contribution in [2.75, 3.05) is 11.5 Å². The predicted molar refractivity (Wildman–Crippen MR) is 84.2 cm³/mol. The van der Waals surface area contributed by atoms with Crippen molar-refractivity contribution in [3.05, 3.63) is 21.9 Å². The number of carboxylic acids is 1. The molecule has 5 N–H and O–H groups in total. The zero-order chi connectivity index (χ0) is 14.4. The average Bonchev–Trinajstić information content (AvgIpc) is 2.71. The van der Waals surface area contributed by atoms with Crippen molar-refractivity contribution in [3.8, 4) is 0 Å². The normalized spacial score (nSPS) is 11.2. The Bertz CT molecular complexity index is 858. The highest BCUT2D eigenvalue weighted by atomic mass is 127. The van der Waals surface area contributed by atoms with Crippen molar-refractivity contribution >= 4 is 62.1 Å². The fourth-order valence-electron chi connectivity index (χ4n) is 2.30. The highest BCUT2D eigenvalue weighted by Gasteiger charge is 2.15. The Morgan fingerprint density at radius 2 is 2.15 bits per heavy atom. The van der Waals surface area contributed by atoms with Crippen molar-refractivity contribution in [3.63, 3.8) is 0 Å². The molecule has 1 aromatic carbocycles. The van der Waals surface area contributed by atoms with Crippen LogP contribution in [-0.2, 0) is 11.3 Å². The van der Waals surface area contributed by atoms with E-state index in [1.807, 2.05) is 12.1 Å². The molecular formula is C12H10IN5O2. The van der Waals surface area contributed by atoms with E-state index < -0.39 is 5.97 Å². The minimum Gasteiger partial charge on any atom is -0.480 e. The van der Waals surface area contributed by atoms with Crippen LogP contribution in [0, 0.1) is 3.57 Å².